The van der Waals surface area contributed by atoms with E-state index in [1.807, 2.05) is 48.5 Å². The molecule has 4 rings (SSSR count). The van der Waals surface area contributed by atoms with Crippen molar-refractivity contribution in [2.75, 3.05) is 26.7 Å². The summed E-state index contributed by atoms with van der Waals surface area (Å²) in [6, 6.07) is 15.3. The minimum Gasteiger partial charge on any atom is -0.496 e. The van der Waals surface area contributed by atoms with E-state index in [1.54, 1.807) is 7.11 Å². The molecule has 1 fully saturated rings. The van der Waals surface area contributed by atoms with Crippen LogP contribution < -0.4 is 10.1 Å². The first-order valence-corrected chi connectivity index (χ1v) is 11.3. The van der Waals surface area contributed by atoms with E-state index in [0.29, 0.717) is 36.2 Å². The molecule has 12 heteroatoms. The first kappa shape index (κ1) is 26.6. The number of rotatable bonds is 8. The van der Waals surface area contributed by atoms with E-state index >= 15 is 0 Å². The first-order chi connectivity index (χ1) is 17.3. The molecule has 1 amide bonds. The van der Waals surface area contributed by atoms with Gasteiger partial charge in [-0.05, 0) is 17.7 Å². The number of likely N-dealkylation sites (tertiary alicyclic amines) is 1. The van der Waals surface area contributed by atoms with Crippen molar-refractivity contribution < 1.29 is 33.9 Å². The van der Waals surface area contributed by atoms with Crippen LogP contribution >= 0.6 is 11.6 Å². The summed E-state index contributed by atoms with van der Waals surface area (Å²) in [5.41, 5.74) is 1.92. The predicted octanol–water partition coefficient (Wildman–Crippen LogP) is 2.19. The summed E-state index contributed by atoms with van der Waals surface area (Å²) in [6.45, 7) is 2.19. The monoisotopic (exact) mass is 516 g/mol. The molecule has 36 heavy (non-hydrogen) atoms. The van der Waals surface area contributed by atoms with Crippen molar-refractivity contribution in [3.05, 3.63) is 76.4 Å². The molecule has 0 bridgehead atoms. The summed E-state index contributed by atoms with van der Waals surface area (Å²) in [5, 5.41) is 22.4. The molecule has 1 aromatic heterocycles. The highest BCUT2D eigenvalue weighted by Crippen LogP contribution is 2.26. The van der Waals surface area contributed by atoms with Gasteiger partial charge in [0.25, 0.3) is 0 Å². The van der Waals surface area contributed by atoms with Crippen molar-refractivity contribution in [2.45, 2.75) is 18.9 Å². The van der Waals surface area contributed by atoms with Crippen LogP contribution in [-0.2, 0) is 27.3 Å². The Bertz CT molecular complexity index is 1200. The van der Waals surface area contributed by atoms with Crippen LogP contribution in [0, 0.1) is 0 Å². The second-order valence-corrected chi connectivity index (χ2v) is 8.31. The van der Waals surface area contributed by atoms with Gasteiger partial charge in [-0.2, -0.15) is 4.98 Å². The van der Waals surface area contributed by atoms with Gasteiger partial charge >= 0.3 is 11.9 Å². The third kappa shape index (κ3) is 7.52. The molecular weight excluding hydrogens is 492 g/mol. The van der Waals surface area contributed by atoms with Gasteiger partial charge in [0.2, 0.25) is 11.8 Å². The number of aliphatic carboxylic acids is 2. The van der Waals surface area contributed by atoms with E-state index in [9.17, 15) is 4.79 Å². The highest BCUT2D eigenvalue weighted by atomic mass is 35.5. The van der Waals surface area contributed by atoms with E-state index < -0.39 is 11.9 Å². The molecule has 190 valence electrons. The van der Waals surface area contributed by atoms with Gasteiger partial charge in [-0.15, -0.1) is 0 Å². The van der Waals surface area contributed by atoms with Crippen molar-refractivity contribution in [3.8, 4) is 5.75 Å². The van der Waals surface area contributed by atoms with Crippen molar-refractivity contribution in [1.82, 2.24) is 20.4 Å². The molecule has 0 unspecified atom stereocenters. The standard InChI is InChI=1S/C22H23ClN4O3.C2H2O4/c1-29-19-9-5-3-6-15(19)10-20-25-22(30-26-20)17-12-27(13-17)14-21(28)24-11-16-7-2-4-8-18(16)23;3-1(4)2(5)6/h2-9,17H,10-14H2,1H3,(H,24,28);(H,3,4)(H,5,6). The molecule has 0 aliphatic carbocycles. The molecule has 11 nitrogen and oxygen atoms in total. The Hall–Kier alpha value is -3.96. The maximum Gasteiger partial charge on any atom is 0.414 e. The zero-order chi connectivity index (χ0) is 26.1. The smallest absolute Gasteiger partial charge is 0.414 e. The summed E-state index contributed by atoms with van der Waals surface area (Å²) in [4.78, 5) is 37.0. The second-order valence-electron chi connectivity index (χ2n) is 7.91. The fourth-order valence-electron chi connectivity index (χ4n) is 3.47. The van der Waals surface area contributed by atoms with Crippen molar-refractivity contribution in [1.29, 1.82) is 0 Å². The Morgan fingerprint density at radius 2 is 1.72 bits per heavy atom. The van der Waals surface area contributed by atoms with Gasteiger partial charge in [-0.1, -0.05) is 53.2 Å². The molecule has 0 atom stereocenters. The van der Waals surface area contributed by atoms with Crippen LogP contribution in [-0.4, -0.2) is 69.8 Å². The molecular formula is C24H25ClN4O7. The molecule has 0 saturated carbocycles. The molecule has 3 aromatic rings. The lowest BCUT2D eigenvalue weighted by atomic mass is 10.0. The van der Waals surface area contributed by atoms with E-state index in [1.165, 1.54) is 0 Å². The minimum atomic E-state index is -1.82. The molecule has 3 N–H and O–H groups in total. The Labute approximate surface area is 211 Å². The summed E-state index contributed by atoms with van der Waals surface area (Å²) < 4.78 is 10.8. The second kappa shape index (κ2) is 12.7. The summed E-state index contributed by atoms with van der Waals surface area (Å²) in [6.07, 6.45) is 0.550. The largest absolute Gasteiger partial charge is 0.496 e. The average Bonchev–Trinajstić information content (AvgIpc) is 3.29. The van der Waals surface area contributed by atoms with Crippen molar-refractivity contribution in [3.63, 3.8) is 0 Å². The Morgan fingerprint density at radius 1 is 1.08 bits per heavy atom. The third-order valence-electron chi connectivity index (χ3n) is 5.32. The number of methoxy groups -OCH3 is 1. The zero-order valence-corrected chi connectivity index (χ0v) is 20.1. The van der Waals surface area contributed by atoms with Crippen LogP contribution in [0.15, 0.2) is 53.1 Å². The van der Waals surface area contributed by atoms with E-state index in [0.717, 1.165) is 30.0 Å². The molecule has 1 saturated heterocycles. The van der Waals surface area contributed by atoms with E-state index in [-0.39, 0.29) is 11.8 Å². The van der Waals surface area contributed by atoms with Crippen molar-refractivity contribution in [2.24, 2.45) is 0 Å². The van der Waals surface area contributed by atoms with Gasteiger partial charge < -0.3 is 24.8 Å². The number of amides is 1. The number of benzene rings is 2. The number of hydrogen-bond donors (Lipinski definition) is 3. The Kier molecular flexibility index (Phi) is 9.37. The highest BCUT2D eigenvalue weighted by Gasteiger charge is 2.33. The van der Waals surface area contributed by atoms with E-state index in [4.69, 9.17) is 40.7 Å². The number of carbonyl (C=O) groups excluding carboxylic acids is 1. The number of para-hydroxylation sites is 1. The molecule has 0 spiro atoms. The predicted molar refractivity (Wildman–Crippen MR) is 128 cm³/mol. The summed E-state index contributed by atoms with van der Waals surface area (Å²) in [5.74, 6) is -1.47. The number of nitrogens with zero attached hydrogens (tertiary/aromatic N) is 3. The quantitative estimate of drug-likeness (QED) is 0.379. The Balaban J connectivity index is 0.000000538. The minimum absolute atomic E-state index is 0.0317. The van der Waals surface area contributed by atoms with Gasteiger partial charge in [-0.3, -0.25) is 9.69 Å². The number of carboxylic acids is 2. The number of aromatic nitrogens is 2. The van der Waals surface area contributed by atoms with Crippen LogP contribution in [0.2, 0.25) is 5.02 Å². The normalized spacial score (nSPS) is 13.2. The maximum absolute atomic E-state index is 12.2. The lowest BCUT2D eigenvalue weighted by Crippen LogP contribution is -2.49. The number of ether oxygens (including phenoxy) is 1. The SMILES string of the molecule is COc1ccccc1Cc1noc(C2CN(CC(=O)NCc3ccccc3Cl)C2)n1.O=C(O)C(=O)O. The highest BCUT2D eigenvalue weighted by molar-refractivity contribution is 6.31. The van der Waals surface area contributed by atoms with Crippen LogP contribution in [0.25, 0.3) is 0 Å². The van der Waals surface area contributed by atoms with Crippen molar-refractivity contribution >= 4 is 29.4 Å². The fourth-order valence-corrected chi connectivity index (χ4v) is 3.68. The maximum atomic E-state index is 12.2. The summed E-state index contributed by atoms with van der Waals surface area (Å²) >= 11 is 6.12. The van der Waals surface area contributed by atoms with Gasteiger partial charge in [0.05, 0.1) is 19.6 Å². The first-order valence-electron chi connectivity index (χ1n) is 10.9. The molecule has 1 aliphatic heterocycles. The van der Waals surface area contributed by atoms with Crippen LogP contribution in [0.1, 0.15) is 28.8 Å². The molecule has 2 aromatic carbocycles. The summed E-state index contributed by atoms with van der Waals surface area (Å²) in [7, 11) is 1.65. The van der Waals surface area contributed by atoms with E-state index in [2.05, 4.69) is 20.4 Å². The number of carbonyl (C=O) groups is 3. The van der Waals surface area contributed by atoms with Crippen LogP contribution in [0.3, 0.4) is 0 Å². The number of carboxylic acid groups (broad SMARTS) is 2. The number of hydrogen-bond acceptors (Lipinski definition) is 8. The van der Waals surface area contributed by atoms with Gasteiger partial charge in [0.1, 0.15) is 5.75 Å². The van der Waals surface area contributed by atoms with Crippen LogP contribution in [0.4, 0.5) is 0 Å². The van der Waals surface area contributed by atoms with Gasteiger partial charge in [0.15, 0.2) is 5.82 Å². The third-order valence-corrected chi connectivity index (χ3v) is 5.68. The topological polar surface area (TPSA) is 155 Å². The number of nitrogens with one attached hydrogen (secondary N) is 1. The molecule has 0 radical (unpaired) electrons. The lowest BCUT2D eigenvalue weighted by Gasteiger charge is -2.36. The molecule has 2 heterocycles. The average molecular weight is 517 g/mol. The zero-order valence-electron chi connectivity index (χ0n) is 19.4. The fraction of sp³-hybridized carbons (Fsp3) is 0.292. The van der Waals surface area contributed by atoms with Gasteiger partial charge in [0, 0.05) is 36.6 Å². The van der Waals surface area contributed by atoms with Gasteiger partial charge in [-0.25, -0.2) is 9.59 Å². The molecule has 1 aliphatic rings. The lowest BCUT2D eigenvalue weighted by molar-refractivity contribution is -0.159. The van der Waals surface area contributed by atoms with Crippen LogP contribution in [0.5, 0.6) is 5.75 Å². The Morgan fingerprint density at radius 3 is 2.36 bits per heavy atom. The number of halogens is 1.